The Morgan fingerprint density at radius 1 is 1.41 bits per heavy atom. The van der Waals surface area contributed by atoms with Crippen LogP contribution in [0.1, 0.15) is 13.8 Å². The molecule has 0 saturated heterocycles. The summed E-state index contributed by atoms with van der Waals surface area (Å²) in [4.78, 5) is 11.2. The zero-order valence-corrected chi connectivity index (χ0v) is 11.8. The highest BCUT2D eigenvalue weighted by atomic mass is 79.9. The number of amides is 1. The summed E-state index contributed by atoms with van der Waals surface area (Å²) in [6, 6.07) is 6.18. The Kier molecular flexibility index (Phi) is 3.95. The fourth-order valence-electron chi connectivity index (χ4n) is 1.08. The molecule has 3 N–H and O–H groups in total. The fourth-order valence-corrected chi connectivity index (χ4v) is 3.06. The number of hydrogen-bond acceptors (Lipinski definition) is 3. The SMILES string of the molecule is CC(C)(NS(=O)(=O)c1cccc(Br)c1)C(N)=O. The third-order valence-electron chi connectivity index (χ3n) is 2.11. The third-order valence-corrected chi connectivity index (χ3v) is 4.26. The fraction of sp³-hybridized carbons (Fsp3) is 0.300. The van der Waals surface area contributed by atoms with E-state index in [9.17, 15) is 13.2 Å². The van der Waals surface area contributed by atoms with Crippen LogP contribution in [-0.4, -0.2) is 19.9 Å². The molecule has 0 unspecified atom stereocenters. The summed E-state index contributed by atoms with van der Waals surface area (Å²) >= 11 is 3.18. The Labute approximate surface area is 109 Å². The second-order valence-electron chi connectivity index (χ2n) is 4.05. The topological polar surface area (TPSA) is 89.3 Å². The van der Waals surface area contributed by atoms with Gasteiger partial charge < -0.3 is 5.73 Å². The van der Waals surface area contributed by atoms with Gasteiger partial charge in [-0.05, 0) is 32.0 Å². The van der Waals surface area contributed by atoms with Crippen LogP contribution in [0.2, 0.25) is 0 Å². The van der Waals surface area contributed by atoms with Crippen molar-refractivity contribution in [3.63, 3.8) is 0 Å². The average Bonchev–Trinajstić information content (AvgIpc) is 2.15. The highest BCUT2D eigenvalue weighted by Crippen LogP contribution is 2.17. The molecule has 94 valence electrons. The largest absolute Gasteiger partial charge is 0.368 e. The van der Waals surface area contributed by atoms with E-state index < -0.39 is 21.5 Å². The zero-order chi connectivity index (χ0) is 13.3. The summed E-state index contributed by atoms with van der Waals surface area (Å²) < 4.78 is 26.8. The number of rotatable bonds is 4. The first-order valence-electron chi connectivity index (χ1n) is 4.74. The first kappa shape index (κ1) is 14.1. The van der Waals surface area contributed by atoms with E-state index in [4.69, 9.17) is 5.73 Å². The summed E-state index contributed by atoms with van der Waals surface area (Å²) in [6.45, 7) is 2.82. The van der Waals surface area contributed by atoms with Gasteiger partial charge in [0, 0.05) is 4.47 Å². The van der Waals surface area contributed by atoms with Crippen LogP contribution in [0.25, 0.3) is 0 Å². The van der Waals surface area contributed by atoms with Gasteiger partial charge in [0.2, 0.25) is 15.9 Å². The Hall–Kier alpha value is -0.920. The molecule has 0 heterocycles. The molecule has 0 spiro atoms. The smallest absolute Gasteiger partial charge is 0.241 e. The van der Waals surface area contributed by atoms with Gasteiger partial charge in [0.15, 0.2) is 0 Å². The van der Waals surface area contributed by atoms with Crippen LogP contribution in [0, 0.1) is 0 Å². The van der Waals surface area contributed by atoms with Gasteiger partial charge in [0.05, 0.1) is 4.90 Å². The summed E-state index contributed by atoms with van der Waals surface area (Å²) in [6.07, 6.45) is 0. The van der Waals surface area contributed by atoms with Gasteiger partial charge >= 0.3 is 0 Å². The zero-order valence-electron chi connectivity index (χ0n) is 9.40. The number of sulfonamides is 1. The van der Waals surface area contributed by atoms with E-state index in [2.05, 4.69) is 20.7 Å². The van der Waals surface area contributed by atoms with Crippen molar-refractivity contribution in [3.05, 3.63) is 28.7 Å². The van der Waals surface area contributed by atoms with Crippen molar-refractivity contribution >= 4 is 31.9 Å². The van der Waals surface area contributed by atoms with Crippen LogP contribution in [0.3, 0.4) is 0 Å². The number of carbonyl (C=O) groups is 1. The first-order chi connectivity index (χ1) is 7.65. The number of nitrogens with one attached hydrogen (secondary N) is 1. The lowest BCUT2D eigenvalue weighted by Gasteiger charge is -2.22. The normalized spacial score (nSPS) is 12.4. The Morgan fingerprint density at radius 2 is 2.00 bits per heavy atom. The molecule has 0 bridgehead atoms. The van der Waals surface area contributed by atoms with Crippen molar-refractivity contribution in [2.24, 2.45) is 5.73 Å². The van der Waals surface area contributed by atoms with Crippen molar-refractivity contribution < 1.29 is 13.2 Å². The molecule has 0 saturated carbocycles. The second kappa shape index (κ2) is 4.75. The van der Waals surface area contributed by atoms with Crippen LogP contribution >= 0.6 is 15.9 Å². The number of nitrogens with two attached hydrogens (primary N) is 1. The number of hydrogen-bond donors (Lipinski definition) is 2. The summed E-state index contributed by atoms with van der Waals surface area (Å²) in [5.74, 6) is -0.740. The van der Waals surface area contributed by atoms with E-state index in [0.717, 1.165) is 0 Å². The predicted octanol–water partition coefficient (Wildman–Crippen LogP) is 0.991. The molecule has 5 nitrogen and oxygen atoms in total. The van der Waals surface area contributed by atoms with E-state index in [1.54, 1.807) is 12.1 Å². The van der Waals surface area contributed by atoms with Crippen LogP contribution in [0.4, 0.5) is 0 Å². The average molecular weight is 321 g/mol. The molecule has 0 fully saturated rings. The maximum atomic E-state index is 12.0. The lowest BCUT2D eigenvalue weighted by Crippen LogP contribution is -2.52. The first-order valence-corrected chi connectivity index (χ1v) is 7.02. The van der Waals surface area contributed by atoms with Gasteiger partial charge in [-0.25, -0.2) is 8.42 Å². The molecule has 7 heteroatoms. The molecular weight excluding hydrogens is 308 g/mol. The lowest BCUT2D eigenvalue weighted by atomic mass is 10.1. The van der Waals surface area contributed by atoms with Crippen molar-refractivity contribution in [3.8, 4) is 0 Å². The van der Waals surface area contributed by atoms with Gasteiger partial charge in [-0.1, -0.05) is 22.0 Å². The molecule has 1 aromatic carbocycles. The molecular formula is C10H13BrN2O3S. The van der Waals surface area contributed by atoms with Crippen molar-refractivity contribution in [1.29, 1.82) is 0 Å². The lowest BCUT2D eigenvalue weighted by molar-refractivity contribution is -0.122. The number of halogens is 1. The van der Waals surface area contributed by atoms with E-state index in [1.165, 1.54) is 26.0 Å². The van der Waals surface area contributed by atoms with E-state index >= 15 is 0 Å². The monoisotopic (exact) mass is 320 g/mol. The van der Waals surface area contributed by atoms with Crippen molar-refractivity contribution in [2.45, 2.75) is 24.3 Å². The van der Waals surface area contributed by atoms with E-state index in [0.29, 0.717) is 4.47 Å². The highest BCUT2D eigenvalue weighted by molar-refractivity contribution is 9.10. The Bertz CT molecular complexity index is 540. The highest BCUT2D eigenvalue weighted by Gasteiger charge is 2.31. The minimum atomic E-state index is -3.77. The molecule has 0 aromatic heterocycles. The Morgan fingerprint density at radius 3 is 2.47 bits per heavy atom. The molecule has 0 atom stereocenters. The van der Waals surface area contributed by atoms with Crippen LogP contribution in [0.5, 0.6) is 0 Å². The van der Waals surface area contributed by atoms with Crippen molar-refractivity contribution in [2.75, 3.05) is 0 Å². The van der Waals surface area contributed by atoms with Crippen LogP contribution in [-0.2, 0) is 14.8 Å². The molecule has 1 rings (SSSR count). The molecule has 0 radical (unpaired) electrons. The molecule has 1 aromatic rings. The van der Waals surface area contributed by atoms with Crippen molar-refractivity contribution in [1.82, 2.24) is 4.72 Å². The van der Waals surface area contributed by atoms with Gasteiger partial charge in [-0.2, -0.15) is 4.72 Å². The molecule has 0 aliphatic heterocycles. The summed E-state index contributed by atoms with van der Waals surface area (Å²) in [7, 11) is -3.77. The van der Waals surface area contributed by atoms with Gasteiger partial charge in [0.25, 0.3) is 0 Å². The van der Waals surface area contributed by atoms with E-state index in [-0.39, 0.29) is 4.90 Å². The third kappa shape index (κ3) is 3.52. The van der Waals surface area contributed by atoms with Crippen LogP contribution in [0.15, 0.2) is 33.6 Å². The maximum Gasteiger partial charge on any atom is 0.241 e. The summed E-state index contributed by atoms with van der Waals surface area (Å²) in [5, 5.41) is 0. The minimum Gasteiger partial charge on any atom is -0.368 e. The minimum absolute atomic E-state index is 0.0706. The summed E-state index contributed by atoms with van der Waals surface area (Å²) in [5.41, 5.74) is 3.78. The number of primary amides is 1. The standard InChI is InChI=1S/C10H13BrN2O3S/c1-10(2,9(12)14)13-17(15,16)8-5-3-4-7(11)6-8/h3-6,13H,1-2H3,(H2,12,14). The number of benzene rings is 1. The maximum absolute atomic E-state index is 12.0. The second-order valence-corrected chi connectivity index (χ2v) is 6.65. The molecule has 17 heavy (non-hydrogen) atoms. The quantitative estimate of drug-likeness (QED) is 0.867. The van der Waals surface area contributed by atoms with Gasteiger partial charge in [-0.3, -0.25) is 4.79 Å². The van der Waals surface area contributed by atoms with Gasteiger partial charge in [0.1, 0.15) is 5.54 Å². The molecule has 0 aliphatic carbocycles. The number of carbonyl (C=O) groups excluding carboxylic acids is 1. The predicted molar refractivity (Wildman–Crippen MR) is 67.7 cm³/mol. The van der Waals surface area contributed by atoms with E-state index in [1.807, 2.05) is 0 Å². The Balaban J connectivity index is 3.10. The van der Waals surface area contributed by atoms with Crippen LogP contribution < -0.4 is 10.5 Å². The van der Waals surface area contributed by atoms with Gasteiger partial charge in [-0.15, -0.1) is 0 Å². The molecule has 0 aliphatic rings. The molecule has 1 amide bonds.